The minimum atomic E-state index is 0.189. The number of carbonyl (C=O) groups excluding carboxylic acids is 1. The Balaban J connectivity index is 1.53. The molecule has 1 aliphatic heterocycles. The van der Waals surface area contributed by atoms with Crippen molar-refractivity contribution >= 4 is 29.4 Å². The molecule has 9 heteroatoms. The summed E-state index contributed by atoms with van der Waals surface area (Å²) in [4.78, 5) is 22.8. The van der Waals surface area contributed by atoms with E-state index in [4.69, 9.17) is 0 Å². The standard InChI is InChI=1S/C16H22N6OS2/c1-12-6-3-4-9-22(12)14(23)11-25-16-20-19-13(21(16)2)10-24-15-17-7-5-8-18-15/h5,7-8,12H,3-4,6,9-11H2,1-2H3/t12-/m1/s1. The van der Waals surface area contributed by atoms with Gasteiger partial charge in [0.15, 0.2) is 10.3 Å². The predicted octanol–water partition coefficient (Wildman–Crippen LogP) is 2.39. The van der Waals surface area contributed by atoms with Crippen molar-refractivity contribution in [2.75, 3.05) is 12.3 Å². The van der Waals surface area contributed by atoms with Crippen molar-refractivity contribution in [2.24, 2.45) is 7.05 Å². The van der Waals surface area contributed by atoms with Crippen LogP contribution >= 0.6 is 23.5 Å². The van der Waals surface area contributed by atoms with Crippen LogP contribution in [0.15, 0.2) is 28.8 Å². The highest BCUT2D eigenvalue weighted by atomic mass is 32.2. The van der Waals surface area contributed by atoms with Crippen molar-refractivity contribution in [2.45, 2.75) is 48.3 Å². The van der Waals surface area contributed by atoms with Crippen LogP contribution in [0.5, 0.6) is 0 Å². The monoisotopic (exact) mass is 378 g/mol. The number of carbonyl (C=O) groups is 1. The lowest BCUT2D eigenvalue weighted by molar-refractivity contribution is -0.131. The molecule has 0 saturated carbocycles. The number of hydrogen-bond acceptors (Lipinski definition) is 7. The Morgan fingerprint density at radius 1 is 1.24 bits per heavy atom. The van der Waals surface area contributed by atoms with Gasteiger partial charge in [0.1, 0.15) is 5.82 Å². The van der Waals surface area contributed by atoms with E-state index in [-0.39, 0.29) is 5.91 Å². The average Bonchev–Trinajstić information content (AvgIpc) is 2.99. The van der Waals surface area contributed by atoms with Gasteiger partial charge in [0, 0.05) is 32.0 Å². The number of rotatable bonds is 6. The second-order valence-corrected chi connectivity index (χ2v) is 7.88. The molecule has 0 radical (unpaired) electrons. The Bertz CT molecular complexity index is 708. The number of thioether (sulfide) groups is 2. The topological polar surface area (TPSA) is 76.8 Å². The normalized spacial score (nSPS) is 17.7. The van der Waals surface area contributed by atoms with Gasteiger partial charge in [0.05, 0.1) is 11.5 Å². The van der Waals surface area contributed by atoms with E-state index in [1.807, 2.05) is 16.5 Å². The largest absolute Gasteiger partial charge is 0.339 e. The van der Waals surface area contributed by atoms with Gasteiger partial charge in [-0.2, -0.15) is 0 Å². The smallest absolute Gasteiger partial charge is 0.233 e. The van der Waals surface area contributed by atoms with Crippen LogP contribution in [0.1, 0.15) is 32.0 Å². The zero-order chi connectivity index (χ0) is 17.6. The number of aromatic nitrogens is 5. The lowest BCUT2D eigenvalue weighted by Crippen LogP contribution is -2.42. The molecule has 1 amide bonds. The summed E-state index contributed by atoms with van der Waals surface area (Å²) in [7, 11) is 1.93. The van der Waals surface area contributed by atoms with Gasteiger partial charge in [-0.3, -0.25) is 4.79 Å². The lowest BCUT2D eigenvalue weighted by Gasteiger charge is -2.33. The summed E-state index contributed by atoms with van der Waals surface area (Å²) in [5.41, 5.74) is 0. The van der Waals surface area contributed by atoms with Crippen molar-refractivity contribution in [3.8, 4) is 0 Å². The van der Waals surface area contributed by atoms with Crippen LogP contribution in [0, 0.1) is 0 Å². The molecule has 134 valence electrons. The second kappa shape index (κ2) is 8.66. The van der Waals surface area contributed by atoms with Gasteiger partial charge in [0.2, 0.25) is 5.91 Å². The summed E-state index contributed by atoms with van der Waals surface area (Å²) in [6.07, 6.45) is 6.87. The fourth-order valence-electron chi connectivity index (χ4n) is 2.76. The van der Waals surface area contributed by atoms with Crippen LogP contribution in [-0.2, 0) is 17.6 Å². The number of hydrogen-bond donors (Lipinski definition) is 0. The van der Waals surface area contributed by atoms with Gasteiger partial charge in [-0.15, -0.1) is 10.2 Å². The van der Waals surface area contributed by atoms with Crippen molar-refractivity contribution in [3.05, 3.63) is 24.3 Å². The molecule has 7 nitrogen and oxygen atoms in total. The predicted molar refractivity (Wildman–Crippen MR) is 98.3 cm³/mol. The van der Waals surface area contributed by atoms with E-state index in [1.165, 1.54) is 29.9 Å². The van der Waals surface area contributed by atoms with Crippen molar-refractivity contribution in [1.82, 2.24) is 29.6 Å². The van der Waals surface area contributed by atoms with Crippen LogP contribution < -0.4 is 0 Å². The molecule has 2 aromatic heterocycles. The number of nitrogens with zero attached hydrogens (tertiary/aromatic N) is 6. The SMILES string of the molecule is C[C@@H]1CCCCN1C(=O)CSc1nnc(CSc2ncccn2)n1C. The molecule has 0 spiro atoms. The van der Waals surface area contributed by atoms with E-state index in [0.717, 1.165) is 30.4 Å². The van der Waals surface area contributed by atoms with Gasteiger partial charge in [-0.25, -0.2) is 9.97 Å². The molecule has 0 bridgehead atoms. The van der Waals surface area contributed by atoms with E-state index in [1.54, 1.807) is 18.5 Å². The lowest BCUT2D eigenvalue weighted by atomic mass is 10.0. The van der Waals surface area contributed by atoms with E-state index < -0.39 is 0 Å². The maximum Gasteiger partial charge on any atom is 0.233 e. The summed E-state index contributed by atoms with van der Waals surface area (Å²) >= 11 is 2.97. The van der Waals surface area contributed by atoms with Crippen LogP contribution in [0.4, 0.5) is 0 Å². The fourth-order valence-corrected chi connectivity index (χ4v) is 4.36. The second-order valence-electron chi connectivity index (χ2n) is 6.00. The summed E-state index contributed by atoms with van der Waals surface area (Å²) in [5, 5.41) is 9.93. The van der Waals surface area contributed by atoms with Crippen molar-refractivity contribution in [1.29, 1.82) is 0 Å². The quantitative estimate of drug-likeness (QED) is 0.564. The Morgan fingerprint density at radius 3 is 2.80 bits per heavy atom. The minimum absolute atomic E-state index is 0.189. The summed E-state index contributed by atoms with van der Waals surface area (Å²) < 4.78 is 1.94. The molecule has 3 rings (SSSR count). The molecule has 0 aromatic carbocycles. The Kier molecular flexibility index (Phi) is 6.30. The molecular weight excluding hydrogens is 356 g/mol. The van der Waals surface area contributed by atoms with Gasteiger partial charge in [-0.05, 0) is 32.3 Å². The third kappa shape index (κ3) is 4.72. The Morgan fingerprint density at radius 2 is 2.04 bits per heavy atom. The highest BCUT2D eigenvalue weighted by molar-refractivity contribution is 7.99. The van der Waals surface area contributed by atoms with Crippen molar-refractivity contribution < 1.29 is 4.79 Å². The first-order valence-electron chi connectivity index (χ1n) is 8.35. The van der Waals surface area contributed by atoms with E-state index >= 15 is 0 Å². The number of amides is 1. The molecule has 1 saturated heterocycles. The van der Waals surface area contributed by atoms with Crippen molar-refractivity contribution in [3.63, 3.8) is 0 Å². The molecule has 25 heavy (non-hydrogen) atoms. The van der Waals surface area contributed by atoms with E-state index in [9.17, 15) is 4.79 Å². The van der Waals surface area contributed by atoms with Gasteiger partial charge in [-0.1, -0.05) is 23.5 Å². The van der Waals surface area contributed by atoms with E-state index in [2.05, 4.69) is 27.1 Å². The molecule has 3 heterocycles. The highest BCUT2D eigenvalue weighted by Gasteiger charge is 2.23. The summed E-state index contributed by atoms with van der Waals surface area (Å²) in [6.45, 7) is 3.00. The number of likely N-dealkylation sites (tertiary alicyclic amines) is 1. The van der Waals surface area contributed by atoms with Gasteiger partial charge < -0.3 is 9.47 Å². The average molecular weight is 379 g/mol. The molecule has 0 aliphatic carbocycles. The molecule has 2 aromatic rings. The molecule has 0 N–H and O–H groups in total. The maximum absolute atomic E-state index is 12.4. The molecular formula is C16H22N6OS2. The van der Waals surface area contributed by atoms with E-state index in [0.29, 0.717) is 22.7 Å². The fraction of sp³-hybridized carbons (Fsp3) is 0.562. The van der Waals surface area contributed by atoms with Gasteiger partial charge in [0.25, 0.3) is 0 Å². The summed E-state index contributed by atoms with van der Waals surface area (Å²) in [6, 6.07) is 2.14. The molecule has 0 unspecified atom stereocenters. The van der Waals surface area contributed by atoms with Crippen LogP contribution in [0.3, 0.4) is 0 Å². The first-order valence-corrected chi connectivity index (χ1v) is 10.3. The highest BCUT2D eigenvalue weighted by Crippen LogP contribution is 2.23. The third-order valence-corrected chi connectivity index (χ3v) is 6.12. The van der Waals surface area contributed by atoms with Crippen LogP contribution in [-0.4, -0.2) is 53.9 Å². The van der Waals surface area contributed by atoms with Gasteiger partial charge >= 0.3 is 0 Å². The minimum Gasteiger partial charge on any atom is -0.339 e. The van der Waals surface area contributed by atoms with Crippen LogP contribution in [0.2, 0.25) is 0 Å². The molecule has 1 aliphatic rings. The molecule has 1 atom stereocenters. The first kappa shape index (κ1) is 18.2. The number of piperidine rings is 1. The summed E-state index contributed by atoms with van der Waals surface area (Å²) in [5.74, 6) is 2.09. The Hall–Kier alpha value is -1.61. The first-order chi connectivity index (χ1) is 12.1. The maximum atomic E-state index is 12.4. The molecule has 1 fully saturated rings. The zero-order valence-electron chi connectivity index (χ0n) is 14.5. The Labute approximate surface area is 156 Å². The van der Waals surface area contributed by atoms with Crippen LogP contribution in [0.25, 0.3) is 0 Å². The third-order valence-electron chi connectivity index (χ3n) is 4.25. The zero-order valence-corrected chi connectivity index (χ0v) is 16.1.